The van der Waals surface area contributed by atoms with Crippen LogP contribution in [0.15, 0.2) is 66.3 Å². The third kappa shape index (κ3) is 3.12. The normalized spacial score (nSPS) is 10.9. The molecule has 2 N–H and O–H groups in total. The summed E-state index contributed by atoms with van der Waals surface area (Å²) in [5.41, 5.74) is 4.28. The Morgan fingerprint density at radius 2 is 1.68 bits per heavy atom. The molecule has 0 radical (unpaired) electrons. The van der Waals surface area contributed by atoms with E-state index in [2.05, 4.69) is 32.8 Å². The van der Waals surface area contributed by atoms with E-state index in [0.29, 0.717) is 6.54 Å². The number of aliphatic hydroxyl groups is 1. The van der Waals surface area contributed by atoms with Crippen molar-refractivity contribution in [3.05, 3.63) is 77.4 Å². The topological polar surface area (TPSA) is 58.0 Å². The van der Waals surface area contributed by atoms with Crippen LogP contribution < -0.4 is 5.32 Å². The minimum absolute atomic E-state index is 0.0325. The molecule has 2 aromatic carbocycles. The van der Waals surface area contributed by atoms with Gasteiger partial charge in [-0.25, -0.2) is 9.97 Å². The quantitative estimate of drug-likeness (QED) is 0.559. The van der Waals surface area contributed by atoms with Gasteiger partial charge in [0.1, 0.15) is 17.0 Å². The minimum Gasteiger partial charge on any atom is -0.392 e. The Labute approximate surface area is 149 Å². The molecule has 0 aliphatic rings. The van der Waals surface area contributed by atoms with Crippen molar-refractivity contribution in [3.8, 4) is 11.1 Å². The number of nitrogens with one attached hydrogen (secondary N) is 1. The lowest BCUT2D eigenvalue weighted by Gasteiger charge is -2.11. The summed E-state index contributed by atoms with van der Waals surface area (Å²) in [5.74, 6) is 0.817. The van der Waals surface area contributed by atoms with Gasteiger partial charge in [0.25, 0.3) is 0 Å². The van der Waals surface area contributed by atoms with Crippen molar-refractivity contribution in [3.63, 3.8) is 0 Å². The summed E-state index contributed by atoms with van der Waals surface area (Å²) < 4.78 is 0. The summed E-state index contributed by atoms with van der Waals surface area (Å²) >= 11 is 1.62. The van der Waals surface area contributed by atoms with Crippen LogP contribution in [0, 0.1) is 0 Å². The lowest BCUT2D eigenvalue weighted by atomic mass is 10.1. The van der Waals surface area contributed by atoms with Crippen LogP contribution in [0.5, 0.6) is 0 Å². The van der Waals surface area contributed by atoms with Crippen molar-refractivity contribution in [2.45, 2.75) is 13.2 Å². The number of benzene rings is 2. The maximum atomic E-state index is 9.50. The highest BCUT2D eigenvalue weighted by atomic mass is 32.1. The van der Waals surface area contributed by atoms with Crippen LogP contribution in [0.25, 0.3) is 21.3 Å². The molecule has 0 aliphatic heterocycles. The lowest BCUT2D eigenvalue weighted by molar-refractivity contribution is 0.280. The highest BCUT2D eigenvalue weighted by Gasteiger charge is 2.13. The average Bonchev–Trinajstić information content (AvgIpc) is 3.12. The maximum absolute atomic E-state index is 9.50. The van der Waals surface area contributed by atoms with E-state index in [4.69, 9.17) is 0 Å². The number of aliphatic hydroxyl groups excluding tert-OH is 1. The minimum atomic E-state index is 0.0325. The molecule has 0 saturated heterocycles. The van der Waals surface area contributed by atoms with E-state index in [1.54, 1.807) is 17.7 Å². The average molecular weight is 347 g/mol. The van der Waals surface area contributed by atoms with Crippen molar-refractivity contribution in [1.82, 2.24) is 9.97 Å². The van der Waals surface area contributed by atoms with Crippen molar-refractivity contribution < 1.29 is 5.11 Å². The second-order valence-corrected chi connectivity index (χ2v) is 6.56. The summed E-state index contributed by atoms with van der Waals surface area (Å²) in [5, 5.41) is 16.1. The first-order valence-electron chi connectivity index (χ1n) is 8.06. The number of rotatable bonds is 5. The Hall–Kier alpha value is -2.76. The molecule has 0 fully saturated rings. The van der Waals surface area contributed by atoms with E-state index >= 15 is 0 Å². The number of anilines is 1. The van der Waals surface area contributed by atoms with E-state index in [-0.39, 0.29) is 6.61 Å². The zero-order valence-electron chi connectivity index (χ0n) is 13.5. The van der Waals surface area contributed by atoms with Gasteiger partial charge >= 0.3 is 0 Å². The van der Waals surface area contributed by atoms with Gasteiger partial charge in [0, 0.05) is 17.5 Å². The van der Waals surface area contributed by atoms with E-state index in [9.17, 15) is 5.11 Å². The van der Waals surface area contributed by atoms with Crippen LogP contribution in [-0.2, 0) is 13.2 Å². The lowest BCUT2D eigenvalue weighted by Crippen LogP contribution is -2.05. The van der Waals surface area contributed by atoms with Gasteiger partial charge in [-0.2, -0.15) is 0 Å². The monoisotopic (exact) mass is 347 g/mol. The summed E-state index contributed by atoms with van der Waals surface area (Å²) in [4.78, 5) is 9.83. The van der Waals surface area contributed by atoms with Gasteiger partial charge in [-0.1, -0.05) is 54.6 Å². The van der Waals surface area contributed by atoms with E-state index in [0.717, 1.165) is 38.3 Å². The van der Waals surface area contributed by atoms with Crippen LogP contribution in [0.3, 0.4) is 0 Å². The van der Waals surface area contributed by atoms with Crippen molar-refractivity contribution in [1.29, 1.82) is 0 Å². The van der Waals surface area contributed by atoms with Gasteiger partial charge in [-0.15, -0.1) is 11.3 Å². The third-order valence-corrected chi connectivity index (χ3v) is 5.08. The zero-order valence-corrected chi connectivity index (χ0v) is 14.3. The number of hydrogen-bond acceptors (Lipinski definition) is 5. The largest absolute Gasteiger partial charge is 0.392 e. The molecule has 0 bridgehead atoms. The van der Waals surface area contributed by atoms with Crippen LogP contribution in [0.2, 0.25) is 0 Å². The van der Waals surface area contributed by atoms with Crippen molar-refractivity contribution in [2.75, 3.05) is 5.32 Å². The second-order valence-electron chi connectivity index (χ2n) is 5.70. The van der Waals surface area contributed by atoms with Crippen LogP contribution in [-0.4, -0.2) is 15.1 Å². The van der Waals surface area contributed by atoms with Crippen LogP contribution >= 0.6 is 11.3 Å². The van der Waals surface area contributed by atoms with Crippen molar-refractivity contribution in [2.24, 2.45) is 0 Å². The fraction of sp³-hybridized carbons (Fsp3) is 0.100. The molecule has 0 amide bonds. The fourth-order valence-electron chi connectivity index (χ4n) is 2.90. The predicted molar refractivity (Wildman–Crippen MR) is 103 cm³/mol. The summed E-state index contributed by atoms with van der Waals surface area (Å²) in [7, 11) is 0. The molecule has 2 aromatic heterocycles. The highest BCUT2D eigenvalue weighted by molar-refractivity contribution is 7.17. The standard InChI is InChI=1S/C20H17N3OS/c24-11-16-9-5-4-8-15(16)10-21-19-18-17(14-6-2-1-3-7-14)12-25-20(18)23-13-22-19/h1-9,12-13,24H,10-11H2,(H,21,22,23). The van der Waals surface area contributed by atoms with Crippen molar-refractivity contribution >= 4 is 27.4 Å². The molecule has 4 nitrogen and oxygen atoms in total. The second kappa shape index (κ2) is 7.01. The van der Waals surface area contributed by atoms with Gasteiger partial charge in [0.05, 0.1) is 12.0 Å². The van der Waals surface area contributed by atoms with Gasteiger partial charge in [0.15, 0.2) is 0 Å². The fourth-order valence-corrected chi connectivity index (χ4v) is 3.82. The highest BCUT2D eigenvalue weighted by Crippen LogP contribution is 2.36. The predicted octanol–water partition coefficient (Wildman–Crippen LogP) is 4.46. The Kier molecular flexibility index (Phi) is 4.41. The molecule has 0 unspecified atom stereocenters. The molecule has 5 heteroatoms. The SMILES string of the molecule is OCc1ccccc1CNc1ncnc2scc(-c3ccccc3)c12. The van der Waals surface area contributed by atoms with Gasteiger partial charge in [-0.3, -0.25) is 0 Å². The molecule has 2 heterocycles. The molecule has 0 atom stereocenters. The Morgan fingerprint density at radius 1 is 0.920 bits per heavy atom. The Bertz CT molecular complexity index is 998. The zero-order chi connectivity index (χ0) is 17.1. The number of thiophene rings is 1. The number of nitrogens with zero attached hydrogens (tertiary/aromatic N) is 2. The molecule has 0 saturated carbocycles. The smallest absolute Gasteiger partial charge is 0.139 e. The number of fused-ring (bicyclic) bond motifs is 1. The first-order chi connectivity index (χ1) is 12.4. The molecule has 25 heavy (non-hydrogen) atoms. The Morgan fingerprint density at radius 3 is 2.48 bits per heavy atom. The van der Waals surface area contributed by atoms with Gasteiger partial charge in [-0.05, 0) is 16.7 Å². The molecule has 0 aliphatic carbocycles. The third-order valence-electron chi connectivity index (χ3n) is 4.19. The van der Waals surface area contributed by atoms with E-state index in [1.165, 1.54) is 0 Å². The molecule has 0 spiro atoms. The molecule has 124 valence electrons. The maximum Gasteiger partial charge on any atom is 0.139 e. The molecule has 4 aromatic rings. The van der Waals surface area contributed by atoms with Gasteiger partial charge in [0.2, 0.25) is 0 Å². The van der Waals surface area contributed by atoms with E-state index < -0.39 is 0 Å². The van der Waals surface area contributed by atoms with Crippen LogP contribution in [0.1, 0.15) is 11.1 Å². The number of hydrogen-bond donors (Lipinski definition) is 2. The first kappa shape index (κ1) is 15.7. The summed E-state index contributed by atoms with van der Waals surface area (Å²) in [6, 6.07) is 18.1. The molecule has 4 rings (SSSR count). The molecular formula is C20H17N3OS. The Balaban J connectivity index is 1.71. The summed E-state index contributed by atoms with van der Waals surface area (Å²) in [6.45, 7) is 0.637. The number of aromatic nitrogens is 2. The first-order valence-corrected chi connectivity index (χ1v) is 8.94. The summed E-state index contributed by atoms with van der Waals surface area (Å²) in [6.07, 6.45) is 1.59. The van der Waals surface area contributed by atoms with E-state index in [1.807, 2.05) is 42.5 Å². The van der Waals surface area contributed by atoms with Gasteiger partial charge < -0.3 is 10.4 Å². The molecular weight excluding hydrogens is 330 g/mol. The van der Waals surface area contributed by atoms with Crippen LogP contribution in [0.4, 0.5) is 5.82 Å².